The van der Waals surface area contributed by atoms with Crippen molar-refractivity contribution in [1.82, 2.24) is 0 Å². The second kappa shape index (κ2) is 6.77. The number of fused-ring (bicyclic) bond motifs is 1. The van der Waals surface area contributed by atoms with Crippen LogP contribution in [0.25, 0.3) is 0 Å². The number of ether oxygens (including phenoxy) is 4. The number of rotatable bonds is 6. The van der Waals surface area contributed by atoms with Crippen LogP contribution >= 0.6 is 0 Å². The van der Waals surface area contributed by atoms with E-state index < -0.39 is 5.79 Å². The minimum absolute atomic E-state index is 0.136. The summed E-state index contributed by atoms with van der Waals surface area (Å²) in [6.45, 7) is 12.3. The topological polar surface area (TPSA) is 57.3 Å². The Morgan fingerprint density at radius 1 is 1.15 bits per heavy atom. The average Bonchev–Trinajstić information content (AvgIpc) is 2.91. The first kappa shape index (κ1) is 19.6. The number of carbonyl (C=O) groups is 1. The number of carbonyl (C=O) groups excluding carboxylic acids is 1. The van der Waals surface area contributed by atoms with Gasteiger partial charge in [-0.15, -0.1) is 0 Å². The van der Waals surface area contributed by atoms with E-state index in [2.05, 4.69) is 33.8 Å². The van der Waals surface area contributed by atoms with Crippen LogP contribution in [0.4, 0.5) is 0 Å². The Labute approximate surface area is 156 Å². The van der Waals surface area contributed by atoms with E-state index in [4.69, 9.17) is 18.9 Å². The van der Waals surface area contributed by atoms with Gasteiger partial charge in [-0.25, -0.2) is 4.79 Å². The largest absolute Gasteiger partial charge is 0.463 e. The Hall–Kier alpha value is -1.17. The van der Waals surface area contributed by atoms with E-state index in [1.807, 2.05) is 13.0 Å². The van der Waals surface area contributed by atoms with Crippen molar-refractivity contribution >= 4 is 5.97 Å². The molecule has 5 heteroatoms. The number of unbranched alkanes of at least 4 members (excludes halogenated alkanes) is 1. The van der Waals surface area contributed by atoms with E-state index in [0.29, 0.717) is 19.8 Å². The quantitative estimate of drug-likeness (QED) is 0.235. The van der Waals surface area contributed by atoms with Crippen molar-refractivity contribution in [3.05, 3.63) is 23.8 Å². The Bertz CT molecular complexity index is 614. The van der Waals surface area contributed by atoms with Gasteiger partial charge in [0.05, 0.1) is 19.8 Å². The molecule has 1 spiro atoms. The molecule has 3 rings (SSSR count). The lowest BCUT2D eigenvalue weighted by Crippen LogP contribution is -2.52. The Kier molecular flexibility index (Phi) is 5.10. The van der Waals surface area contributed by atoms with Gasteiger partial charge >= 0.3 is 5.97 Å². The van der Waals surface area contributed by atoms with Gasteiger partial charge in [-0.3, -0.25) is 0 Å². The van der Waals surface area contributed by atoms with Crippen LogP contribution in [0.5, 0.6) is 0 Å². The number of esters is 1. The maximum atomic E-state index is 11.8. The lowest BCUT2D eigenvalue weighted by atomic mass is 9.61. The van der Waals surface area contributed by atoms with Gasteiger partial charge in [-0.1, -0.05) is 33.3 Å². The van der Waals surface area contributed by atoms with Crippen molar-refractivity contribution in [3.63, 3.8) is 0 Å². The highest BCUT2D eigenvalue weighted by atomic mass is 16.7. The van der Waals surface area contributed by atoms with Crippen LogP contribution in [-0.4, -0.2) is 42.8 Å². The number of epoxide rings is 1. The molecule has 0 aromatic carbocycles. The molecule has 3 fully saturated rings. The van der Waals surface area contributed by atoms with Crippen molar-refractivity contribution in [2.45, 2.75) is 77.3 Å². The van der Waals surface area contributed by atoms with Crippen molar-refractivity contribution in [1.29, 1.82) is 0 Å². The van der Waals surface area contributed by atoms with Crippen LogP contribution in [0.15, 0.2) is 23.8 Å². The second-order valence-electron chi connectivity index (χ2n) is 8.66. The average molecular weight is 364 g/mol. The molecule has 2 unspecified atom stereocenters. The summed E-state index contributed by atoms with van der Waals surface area (Å²) in [6, 6.07) is 0. The molecule has 0 amide bonds. The molecule has 1 aliphatic carbocycles. The third-order valence-corrected chi connectivity index (χ3v) is 5.94. The molecule has 2 heterocycles. The van der Waals surface area contributed by atoms with Crippen LogP contribution in [0, 0.1) is 5.41 Å². The third kappa shape index (κ3) is 3.37. The summed E-state index contributed by atoms with van der Waals surface area (Å²) in [5, 5.41) is 0. The fourth-order valence-electron chi connectivity index (χ4n) is 4.71. The zero-order valence-corrected chi connectivity index (χ0v) is 16.7. The molecule has 2 atom stereocenters. The summed E-state index contributed by atoms with van der Waals surface area (Å²) in [4.78, 5) is 11.8. The van der Waals surface area contributed by atoms with E-state index in [1.165, 1.54) is 0 Å². The van der Waals surface area contributed by atoms with Crippen molar-refractivity contribution in [3.8, 4) is 0 Å². The summed E-state index contributed by atoms with van der Waals surface area (Å²) < 4.78 is 23.4. The molecule has 2 saturated heterocycles. The zero-order valence-electron chi connectivity index (χ0n) is 16.7. The minimum atomic E-state index is -0.514. The van der Waals surface area contributed by atoms with Crippen LogP contribution in [-0.2, 0) is 23.7 Å². The SMILES string of the molecule is CCCCOC(=O)/C=C(C)/C=C/C12OC1(C)CC1(CC2(C)C)OCCO1. The Balaban J connectivity index is 1.69. The molecule has 5 nitrogen and oxygen atoms in total. The highest BCUT2D eigenvalue weighted by Crippen LogP contribution is 2.69. The van der Waals surface area contributed by atoms with Gasteiger partial charge in [0.1, 0.15) is 11.2 Å². The van der Waals surface area contributed by atoms with Crippen LogP contribution in [0.1, 0.15) is 60.3 Å². The number of allylic oxidation sites excluding steroid dienone is 2. The van der Waals surface area contributed by atoms with Crippen molar-refractivity contribution < 1.29 is 23.7 Å². The lowest BCUT2D eigenvalue weighted by Gasteiger charge is -2.45. The predicted molar refractivity (Wildman–Crippen MR) is 98.6 cm³/mol. The normalized spacial score (nSPS) is 34.9. The first-order valence-corrected chi connectivity index (χ1v) is 9.70. The molecule has 146 valence electrons. The lowest BCUT2D eigenvalue weighted by molar-refractivity contribution is -0.201. The summed E-state index contributed by atoms with van der Waals surface area (Å²) in [6.07, 6.45) is 9.06. The molecule has 0 bridgehead atoms. The molecule has 0 aromatic rings. The molecule has 1 saturated carbocycles. The third-order valence-electron chi connectivity index (χ3n) is 5.94. The fourth-order valence-corrected chi connectivity index (χ4v) is 4.71. The summed E-state index contributed by atoms with van der Waals surface area (Å²) in [5.41, 5.74) is 0.0605. The molecule has 26 heavy (non-hydrogen) atoms. The Morgan fingerprint density at radius 2 is 1.85 bits per heavy atom. The first-order valence-electron chi connectivity index (χ1n) is 9.70. The van der Waals surface area contributed by atoms with Gasteiger partial charge in [-0.05, 0) is 31.9 Å². The monoisotopic (exact) mass is 364 g/mol. The molecular weight excluding hydrogens is 332 g/mol. The molecule has 0 N–H and O–H groups in total. The van der Waals surface area contributed by atoms with E-state index in [0.717, 1.165) is 31.3 Å². The maximum absolute atomic E-state index is 11.8. The molecule has 2 aliphatic heterocycles. The van der Waals surface area contributed by atoms with Gasteiger partial charge in [-0.2, -0.15) is 0 Å². The van der Waals surface area contributed by atoms with Gasteiger partial charge in [0.2, 0.25) is 0 Å². The fraction of sp³-hybridized carbons (Fsp3) is 0.762. The van der Waals surface area contributed by atoms with Gasteiger partial charge in [0, 0.05) is 24.3 Å². The van der Waals surface area contributed by atoms with E-state index in [-0.39, 0.29) is 22.6 Å². The van der Waals surface area contributed by atoms with Crippen molar-refractivity contribution in [2.24, 2.45) is 5.41 Å². The van der Waals surface area contributed by atoms with Crippen LogP contribution < -0.4 is 0 Å². The smallest absolute Gasteiger partial charge is 0.331 e. The number of hydrogen-bond donors (Lipinski definition) is 0. The second-order valence-corrected chi connectivity index (χ2v) is 8.66. The highest BCUT2D eigenvalue weighted by Gasteiger charge is 2.78. The molecular formula is C21H32O5. The minimum Gasteiger partial charge on any atom is -0.463 e. The van der Waals surface area contributed by atoms with Gasteiger partial charge in [0.15, 0.2) is 5.79 Å². The Morgan fingerprint density at radius 3 is 2.46 bits per heavy atom. The highest BCUT2D eigenvalue weighted by molar-refractivity contribution is 5.83. The maximum Gasteiger partial charge on any atom is 0.331 e. The van der Waals surface area contributed by atoms with E-state index in [1.54, 1.807) is 6.08 Å². The van der Waals surface area contributed by atoms with Gasteiger partial charge < -0.3 is 18.9 Å². The van der Waals surface area contributed by atoms with E-state index >= 15 is 0 Å². The molecule has 3 aliphatic rings. The standard InChI is InChI=1S/C21H32O5/c1-6-7-10-23-17(22)13-16(2)8-9-21-18(3,4)14-20(24-11-12-25-20)15-19(21,5)26-21/h8-9,13H,6-7,10-12,14-15H2,1-5H3/b9-8+,16-13+. The first-order chi connectivity index (χ1) is 12.2. The van der Waals surface area contributed by atoms with E-state index in [9.17, 15) is 4.79 Å². The van der Waals surface area contributed by atoms with Crippen LogP contribution in [0.2, 0.25) is 0 Å². The zero-order chi connectivity index (χ0) is 19.1. The summed E-state index contributed by atoms with van der Waals surface area (Å²) >= 11 is 0. The summed E-state index contributed by atoms with van der Waals surface area (Å²) in [7, 11) is 0. The predicted octanol–water partition coefficient (Wildman–Crippen LogP) is 3.92. The van der Waals surface area contributed by atoms with Crippen LogP contribution in [0.3, 0.4) is 0 Å². The molecule has 0 aromatic heterocycles. The number of hydrogen-bond acceptors (Lipinski definition) is 5. The van der Waals surface area contributed by atoms with Gasteiger partial charge in [0.25, 0.3) is 0 Å². The summed E-state index contributed by atoms with van der Waals surface area (Å²) in [5.74, 6) is -0.799. The molecule has 0 radical (unpaired) electrons. The van der Waals surface area contributed by atoms with Crippen molar-refractivity contribution in [2.75, 3.05) is 19.8 Å².